The van der Waals surface area contributed by atoms with Crippen LogP contribution in [0.2, 0.25) is 0 Å². The molecule has 1 saturated heterocycles. The molecule has 1 fully saturated rings. The smallest absolute Gasteiger partial charge is 0.327 e. The van der Waals surface area contributed by atoms with E-state index in [2.05, 4.69) is 17.1 Å². The van der Waals surface area contributed by atoms with Crippen LogP contribution in [0.5, 0.6) is 0 Å². The van der Waals surface area contributed by atoms with E-state index in [1.165, 1.54) is 0 Å². The van der Waals surface area contributed by atoms with E-state index < -0.39 is 5.54 Å². The fourth-order valence-electron chi connectivity index (χ4n) is 2.37. The van der Waals surface area contributed by atoms with Crippen LogP contribution in [-0.2, 0) is 14.3 Å². The second-order valence-corrected chi connectivity index (χ2v) is 5.27. The Morgan fingerprint density at radius 3 is 2.74 bits per heavy atom. The molecule has 0 radical (unpaired) electrons. The fourth-order valence-corrected chi connectivity index (χ4v) is 2.37. The number of hydrogen-bond acceptors (Lipinski definition) is 5. The van der Waals surface area contributed by atoms with Gasteiger partial charge in [-0.2, -0.15) is 0 Å². The van der Waals surface area contributed by atoms with Crippen LogP contribution in [-0.4, -0.2) is 62.4 Å². The lowest BCUT2D eigenvalue weighted by Gasteiger charge is -2.33. The van der Waals surface area contributed by atoms with Crippen LogP contribution in [0.25, 0.3) is 0 Å². The number of ether oxygens (including phenoxy) is 2. The molecule has 1 aliphatic heterocycles. The van der Waals surface area contributed by atoms with Gasteiger partial charge in [-0.05, 0) is 40.3 Å². The van der Waals surface area contributed by atoms with Gasteiger partial charge in [0, 0.05) is 19.7 Å². The predicted molar refractivity (Wildman–Crippen MR) is 75.2 cm³/mol. The summed E-state index contributed by atoms with van der Waals surface area (Å²) in [6.07, 6.45) is 2.57. The topological polar surface area (TPSA) is 50.8 Å². The molecule has 0 amide bonds. The van der Waals surface area contributed by atoms with Gasteiger partial charge in [0.25, 0.3) is 0 Å². The van der Waals surface area contributed by atoms with Crippen LogP contribution < -0.4 is 5.32 Å². The molecule has 1 rings (SSSR count). The van der Waals surface area contributed by atoms with E-state index >= 15 is 0 Å². The van der Waals surface area contributed by atoms with Gasteiger partial charge in [-0.1, -0.05) is 6.92 Å². The molecule has 1 aliphatic rings. The molecule has 0 aromatic heterocycles. The molecule has 5 nitrogen and oxygen atoms in total. The van der Waals surface area contributed by atoms with Crippen LogP contribution >= 0.6 is 0 Å². The van der Waals surface area contributed by atoms with Crippen molar-refractivity contribution in [3.05, 3.63) is 0 Å². The number of rotatable bonds is 8. The second-order valence-electron chi connectivity index (χ2n) is 5.27. The molecule has 2 atom stereocenters. The Morgan fingerprint density at radius 2 is 2.26 bits per heavy atom. The summed E-state index contributed by atoms with van der Waals surface area (Å²) in [7, 11) is 1.80. The van der Waals surface area contributed by atoms with Crippen LogP contribution in [0.15, 0.2) is 0 Å². The molecular weight excluding hydrogens is 244 g/mol. The summed E-state index contributed by atoms with van der Waals surface area (Å²) in [4.78, 5) is 14.3. The zero-order valence-corrected chi connectivity index (χ0v) is 12.7. The van der Waals surface area contributed by atoms with Gasteiger partial charge in [0.1, 0.15) is 5.54 Å². The van der Waals surface area contributed by atoms with Crippen molar-refractivity contribution in [1.29, 1.82) is 0 Å². The zero-order chi connectivity index (χ0) is 14.3. The second kappa shape index (κ2) is 7.82. The Kier molecular flexibility index (Phi) is 6.75. The predicted octanol–water partition coefficient (Wildman–Crippen LogP) is 1.03. The molecule has 0 saturated carbocycles. The number of likely N-dealkylation sites (N-methyl/N-ethyl adjacent to an activating group) is 2. The van der Waals surface area contributed by atoms with Crippen molar-refractivity contribution in [2.75, 3.05) is 39.9 Å². The molecule has 19 heavy (non-hydrogen) atoms. The van der Waals surface area contributed by atoms with Gasteiger partial charge >= 0.3 is 5.97 Å². The third-order valence-electron chi connectivity index (χ3n) is 3.75. The van der Waals surface area contributed by atoms with Gasteiger partial charge in [0.15, 0.2) is 0 Å². The quantitative estimate of drug-likeness (QED) is 0.669. The maximum absolute atomic E-state index is 12.0. The summed E-state index contributed by atoms with van der Waals surface area (Å²) in [5, 5.41) is 3.10. The lowest BCUT2D eigenvalue weighted by molar-refractivity contribution is -0.151. The first-order valence-electron chi connectivity index (χ1n) is 7.25. The third kappa shape index (κ3) is 4.75. The average Bonchev–Trinajstić information content (AvgIpc) is 2.90. The summed E-state index contributed by atoms with van der Waals surface area (Å²) < 4.78 is 10.8. The number of hydrogen-bond donors (Lipinski definition) is 1. The van der Waals surface area contributed by atoms with E-state index in [9.17, 15) is 4.79 Å². The number of nitrogens with one attached hydrogen (secondary N) is 1. The maximum atomic E-state index is 12.0. The van der Waals surface area contributed by atoms with Crippen molar-refractivity contribution >= 4 is 5.97 Å². The summed E-state index contributed by atoms with van der Waals surface area (Å²) in [5.74, 6) is -0.191. The van der Waals surface area contributed by atoms with Gasteiger partial charge in [0.2, 0.25) is 0 Å². The minimum Gasteiger partial charge on any atom is -0.465 e. The monoisotopic (exact) mass is 272 g/mol. The van der Waals surface area contributed by atoms with E-state index in [-0.39, 0.29) is 5.97 Å². The van der Waals surface area contributed by atoms with E-state index in [1.807, 2.05) is 13.8 Å². The minimum atomic E-state index is -0.662. The van der Waals surface area contributed by atoms with Crippen LogP contribution in [0.1, 0.15) is 33.6 Å². The minimum absolute atomic E-state index is 0.191. The van der Waals surface area contributed by atoms with Crippen molar-refractivity contribution in [3.8, 4) is 0 Å². The molecule has 5 heteroatoms. The third-order valence-corrected chi connectivity index (χ3v) is 3.75. The molecule has 2 unspecified atom stereocenters. The summed E-state index contributed by atoms with van der Waals surface area (Å²) in [5.41, 5.74) is -0.662. The van der Waals surface area contributed by atoms with Gasteiger partial charge < -0.3 is 14.8 Å². The normalized spacial score (nSPS) is 22.5. The average molecular weight is 272 g/mol. The van der Waals surface area contributed by atoms with Crippen LogP contribution in [0.3, 0.4) is 0 Å². The van der Waals surface area contributed by atoms with E-state index in [4.69, 9.17) is 9.47 Å². The highest BCUT2D eigenvalue weighted by Crippen LogP contribution is 2.16. The zero-order valence-electron chi connectivity index (χ0n) is 12.7. The van der Waals surface area contributed by atoms with Crippen molar-refractivity contribution in [2.24, 2.45) is 0 Å². The van der Waals surface area contributed by atoms with E-state index in [0.717, 1.165) is 32.5 Å². The number of carbonyl (C=O) groups is 1. The first-order chi connectivity index (χ1) is 9.05. The lowest BCUT2D eigenvalue weighted by atomic mass is 10.0. The summed E-state index contributed by atoms with van der Waals surface area (Å²) >= 11 is 0. The van der Waals surface area contributed by atoms with Crippen LogP contribution in [0, 0.1) is 0 Å². The Bertz CT molecular complexity index is 280. The Labute approximate surface area is 116 Å². The molecule has 0 spiro atoms. The van der Waals surface area contributed by atoms with Gasteiger partial charge in [0.05, 0.1) is 12.7 Å². The molecule has 0 aromatic rings. The molecule has 112 valence electrons. The molecule has 0 bridgehead atoms. The molecule has 0 aromatic carbocycles. The van der Waals surface area contributed by atoms with Gasteiger partial charge in [-0.25, -0.2) is 0 Å². The van der Waals surface area contributed by atoms with Gasteiger partial charge in [-0.15, -0.1) is 0 Å². The van der Waals surface area contributed by atoms with Crippen molar-refractivity contribution in [3.63, 3.8) is 0 Å². The van der Waals surface area contributed by atoms with Crippen molar-refractivity contribution < 1.29 is 14.3 Å². The Hall–Kier alpha value is -0.650. The number of nitrogens with zero attached hydrogens (tertiary/aromatic N) is 1. The molecule has 1 heterocycles. The lowest BCUT2D eigenvalue weighted by Crippen LogP contribution is -2.57. The first-order valence-corrected chi connectivity index (χ1v) is 7.25. The van der Waals surface area contributed by atoms with Crippen molar-refractivity contribution in [1.82, 2.24) is 10.2 Å². The van der Waals surface area contributed by atoms with E-state index in [0.29, 0.717) is 19.3 Å². The van der Waals surface area contributed by atoms with Gasteiger partial charge in [-0.3, -0.25) is 9.69 Å². The SMILES string of the molecule is CCOC(=O)C(C)(CN(CC)CC1CCCO1)NC. The standard InChI is InChI=1S/C14H28N2O3/c1-5-16(10-12-8-7-9-19-12)11-14(3,15-4)13(17)18-6-2/h12,15H,5-11H2,1-4H3. The molecular formula is C14H28N2O3. The number of carbonyl (C=O) groups excluding carboxylic acids is 1. The largest absolute Gasteiger partial charge is 0.465 e. The number of esters is 1. The maximum Gasteiger partial charge on any atom is 0.327 e. The first kappa shape index (κ1) is 16.4. The summed E-state index contributed by atoms with van der Waals surface area (Å²) in [6.45, 7) is 9.52. The highest BCUT2D eigenvalue weighted by molar-refractivity contribution is 5.80. The van der Waals surface area contributed by atoms with Crippen LogP contribution in [0.4, 0.5) is 0 Å². The van der Waals surface area contributed by atoms with E-state index in [1.54, 1.807) is 7.05 Å². The molecule has 0 aliphatic carbocycles. The molecule has 1 N–H and O–H groups in total. The highest BCUT2D eigenvalue weighted by Gasteiger charge is 2.35. The Balaban J connectivity index is 2.56. The van der Waals surface area contributed by atoms with Crippen molar-refractivity contribution in [2.45, 2.75) is 45.3 Å². The Morgan fingerprint density at radius 1 is 1.53 bits per heavy atom. The highest BCUT2D eigenvalue weighted by atomic mass is 16.5. The fraction of sp³-hybridized carbons (Fsp3) is 0.929. The summed E-state index contributed by atoms with van der Waals surface area (Å²) in [6, 6.07) is 0.